The number of rotatable bonds is 4. The summed E-state index contributed by atoms with van der Waals surface area (Å²) in [5.74, 6) is -1.06. The maximum atomic E-state index is 10.9. The van der Waals surface area contributed by atoms with Crippen molar-refractivity contribution in [3.63, 3.8) is 0 Å². The molecule has 0 amide bonds. The average molecular weight is 285 g/mol. The molecule has 3 unspecified atom stereocenters. The third-order valence-electron chi connectivity index (χ3n) is 3.28. The van der Waals surface area contributed by atoms with Gasteiger partial charge in [-0.1, -0.05) is 6.92 Å². The first kappa shape index (κ1) is 14.2. The van der Waals surface area contributed by atoms with Gasteiger partial charge < -0.3 is 20.5 Å². The zero-order valence-electron chi connectivity index (χ0n) is 11.1. The van der Waals surface area contributed by atoms with Crippen molar-refractivity contribution >= 4 is 22.4 Å². The number of hydrogen-bond donors (Lipinski definition) is 2. The second-order valence-corrected chi connectivity index (χ2v) is 5.57. The summed E-state index contributed by atoms with van der Waals surface area (Å²) in [6.45, 7) is 5.58. The largest absolute Gasteiger partial charge is 0.480 e. The first-order valence-electron chi connectivity index (χ1n) is 6.35. The van der Waals surface area contributed by atoms with E-state index in [9.17, 15) is 4.79 Å². The molecule has 19 heavy (non-hydrogen) atoms. The van der Waals surface area contributed by atoms with Crippen LogP contribution in [0.4, 0.5) is 5.13 Å². The van der Waals surface area contributed by atoms with Gasteiger partial charge in [0.1, 0.15) is 6.04 Å². The van der Waals surface area contributed by atoms with Crippen LogP contribution in [-0.2, 0) is 9.53 Å². The fraction of sp³-hybridized carbons (Fsp3) is 0.667. The number of carboxylic acid groups (broad SMARTS) is 1. The predicted molar refractivity (Wildman–Crippen MR) is 73.5 cm³/mol. The quantitative estimate of drug-likeness (QED) is 0.865. The van der Waals surface area contributed by atoms with Gasteiger partial charge in [-0.05, 0) is 13.3 Å². The van der Waals surface area contributed by atoms with Gasteiger partial charge in [-0.3, -0.25) is 4.79 Å². The van der Waals surface area contributed by atoms with Gasteiger partial charge in [0.25, 0.3) is 0 Å². The van der Waals surface area contributed by atoms with Crippen LogP contribution in [-0.4, -0.2) is 41.4 Å². The molecule has 0 aliphatic carbocycles. The Hall–Kier alpha value is -1.18. The normalized spacial score (nSPS) is 25.3. The number of morpholine rings is 1. The molecule has 1 saturated heterocycles. The van der Waals surface area contributed by atoms with E-state index in [0.717, 1.165) is 18.1 Å². The molecule has 0 spiro atoms. The van der Waals surface area contributed by atoms with Crippen LogP contribution in [0.15, 0.2) is 5.38 Å². The minimum atomic E-state index is -1.06. The molecule has 7 heteroatoms. The van der Waals surface area contributed by atoms with Crippen molar-refractivity contribution in [1.82, 2.24) is 4.98 Å². The molecule has 1 fully saturated rings. The van der Waals surface area contributed by atoms with Crippen LogP contribution in [0, 0.1) is 0 Å². The number of aliphatic carboxylic acids is 1. The minimum Gasteiger partial charge on any atom is -0.480 e. The molecular formula is C12H19N3O3S. The van der Waals surface area contributed by atoms with Gasteiger partial charge >= 0.3 is 5.97 Å². The van der Waals surface area contributed by atoms with Gasteiger partial charge in [-0.15, -0.1) is 11.3 Å². The molecule has 2 heterocycles. The van der Waals surface area contributed by atoms with Gasteiger partial charge in [0.15, 0.2) is 5.13 Å². The van der Waals surface area contributed by atoms with E-state index >= 15 is 0 Å². The van der Waals surface area contributed by atoms with Crippen LogP contribution in [0.25, 0.3) is 0 Å². The molecule has 106 valence electrons. The number of carbonyl (C=O) groups is 1. The third-order valence-corrected chi connectivity index (χ3v) is 4.18. The Labute approximate surface area is 116 Å². The van der Waals surface area contributed by atoms with E-state index < -0.39 is 12.0 Å². The lowest BCUT2D eigenvalue weighted by molar-refractivity contribution is -0.138. The number of anilines is 1. The number of nitrogens with zero attached hydrogens (tertiary/aromatic N) is 2. The van der Waals surface area contributed by atoms with Gasteiger partial charge in [0.05, 0.1) is 24.4 Å². The number of thiazole rings is 1. The molecule has 0 saturated carbocycles. The van der Waals surface area contributed by atoms with Crippen molar-refractivity contribution in [2.24, 2.45) is 5.73 Å². The molecular weight excluding hydrogens is 266 g/mol. The monoisotopic (exact) mass is 285 g/mol. The maximum Gasteiger partial charge on any atom is 0.326 e. The smallest absolute Gasteiger partial charge is 0.326 e. The van der Waals surface area contributed by atoms with E-state index in [4.69, 9.17) is 15.6 Å². The molecule has 2 rings (SSSR count). The Balaban J connectivity index is 2.18. The highest BCUT2D eigenvalue weighted by Gasteiger charge is 2.28. The molecule has 3 N–H and O–H groups in total. The van der Waals surface area contributed by atoms with Crippen LogP contribution in [0.5, 0.6) is 0 Å². The standard InChI is InChI=1S/C12H19N3O3S/c1-3-8-5-18-7(2)4-15(8)12-14-9(6-19-12)10(13)11(16)17/h6-8,10H,3-5,13H2,1-2H3,(H,16,17). The van der Waals surface area contributed by atoms with Crippen LogP contribution in [0.2, 0.25) is 0 Å². The fourth-order valence-corrected chi connectivity index (χ4v) is 3.04. The number of aromatic nitrogens is 1. The van der Waals surface area contributed by atoms with Crippen LogP contribution in [0.1, 0.15) is 32.0 Å². The van der Waals surface area contributed by atoms with Gasteiger partial charge in [-0.2, -0.15) is 0 Å². The van der Waals surface area contributed by atoms with Crippen molar-refractivity contribution in [3.8, 4) is 0 Å². The molecule has 1 aliphatic rings. The van der Waals surface area contributed by atoms with Crippen LogP contribution >= 0.6 is 11.3 Å². The summed E-state index contributed by atoms with van der Waals surface area (Å²) in [5.41, 5.74) is 5.99. The van der Waals surface area contributed by atoms with E-state index in [1.54, 1.807) is 5.38 Å². The summed E-state index contributed by atoms with van der Waals surface area (Å²) in [6.07, 6.45) is 1.12. The second-order valence-electron chi connectivity index (χ2n) is 4.73. The second kappa shape index (κ2) is 5.85. The Kier molecular flexibility index (Phi) is 4.38. The van der Waals surface area contributed by atoms with Gasteiger partial charge in [0.2, 0.25) is 0 Å². The lowest BCUT2D eigenvalue weighted by Crippen LogP contribution is -2.48. The first-order chi connectivity index (χ1) is 9.02. The highest BCUT2D eigenvalue weighted by molar-refractivity contribution is 7.13. The molecule has 6 nitrogen and oxygen atoms in total. The van der Waals surface area contributed by atoms with Crippen molar-refractivity contribution < 1.29 is 14.6 Å². The first-order valence-corrected chi connectivity index (χ1v) is 7.23. The van der Waals surface area contributed by atoms with E-state index in [0.29, 0.717) is 12.3 Å². The fourth-order valence-electron chi connectivity index (χ4n) is 2.09. The summed E-state index contributed by atoms with van der Waals surface area (Å²) < 4.78 is 5.64. The summed E-state index contributed by atoms with van der Waals surface area (Å²) in [7, 11) is 0. The van der Waals surface area contributed by atoms with E-state index in [2.05, 4.69) is 16.8 Å². The zero-order chi connectivity index (χ0) is 14.0. The van der Waals surface area contributed by atoms with Gasteiger partial charge in [-0.25, -0.2) is 4.98 Å². The zero-order valence-corrected chi connectivity index (χ0v) is 11.9. The highest BCUT2D eigenvalue weighted by atomic mass is 32.1. The van der Waals surface area contributed by atoms with Crippen LogP contribution in [0.3, 0.4) is 0 Å². The summed E-state index contributed by atoms with van der Waals surface area (Å²) in [4.78, 5) is 17.4. The third kappa shape index (κ3) is 3.05. The lowest BCUT2D eigenvalue weighted by Gasteiger charge is -2.38. The van der Waals surface area contributed by atoms with Crippen molar-refractivity contribution in [2.75, 3.05) is 18.1 Å². The highest BCUT2D eigenvalue weighted by Crippen LogP contribution is 2.28. The van der Waals surface area contributed by atoms with E-state index in [-0.39, 0.29) is 12.1 Å². The Morgan fingerprint density at radius 1 is 1.79 bits per heavy atom. The molecule has 0 bridgehead atoms. The van der Waals surface area contributed by atoms with Gasteiger partial charge in [0, 0.05) is 11.9 Å². The van der Waals surface area contributed by atoms with E-state index in [1.165, 1.54) is 11.3 Å². The molecule has 1 aromatic heterocycles. The van der Waals surface area contributed by atoms with Crippen molar-refractivity contribution in [2.45, 2.75) is 38.5 Å². The minimum absolute atomic E-state index is 0.156. The Morgan fingerprint density at radius 2 is 2.53 bits per heavy atom. The molecule has 3 atom stereocenters. The Morgan fingerprint density at radius 3 is 3.16 bits per heavy atom. The van der Waals surface area contributed by atoms with Crippen molar-refractivity contribution in [3.05, 3.63) is 11.1 Å². The van der Waals surface area contributed by atoms with Crippen molar-refractivity contribution in [1.29, 1.82) is 0 Å². The number of carboxylic acids is 1. The maximum absolute atomic E-state index is 10.9. The summed E-state index contributed by atoms with van der Waals surface area (Å²) >= 11 is 1.44. The molecule has 1 aromatic rings. The lowest BCUT2D eigenvalue weighted by atomic mass is 10.1. The predicted octanol–water partition coefficient (Wildman–Crippen LogP) is 1.23. The SMILES string of the molecule is CCC1COC(C)CN1c1nc(C(N)C(=O)O)cs1. The van der Waals surface area contributed by atoms with E-state index in [1.807, 2.05) is 6.92 Å². The molecule has 1 aliphatic heterocycles. The summed E-state index contributed by atoms with van der Waals surface area (Å²) in [5, 5.41) is 11.5. The number of hydrogen-bond acceptors (Lipinski definition) is 6. The van der Waals surface area contributed by atoms with Crippen LogP contribution < -0.4 is 10.6 Å². The topological polar surface area (TPSA) is 88.7 Å². The summed E-state index contributed by atoms with van der Waals surface area (Å²) in [6, 6.07) is -0.764. The number of ether oxygens (including phenoxy) is 1. The Bertz CT molecular complexity index is 451. The molecule has 0 radical (unpaired) electrons. The molecule has 0 aromatic carbocycles. The average Bonchev–Trinajstić information content (AvgIpc) is 2.87. The number of nitrogens with two attached hydrogens (primary N) is 1.